The number of Topliss-reactive ketones (excluding diaryl/α,β-unsaturated/α-hetero) is 1. The van der Waals surface area contributed by atoms with Crippen LogP contribution in [0.1, 0.15) is 17.3 Å². The van der Waals surface area contributed by atoms with E-state index in [9.17, 15) is 4.79 Å². The Kier molecular flexibility index (Phi) is 3.40. The second kappa shape index (κ2) is 5.37. The molecule has 0 spiro atoms. The highest BCUT2D eigenvalue weighted by molar-refractivity contribution is 5.94. The van der Waals surface area contributed by atoms with Gasteiger partial charge in [0.25, 0.3) is 0 Å². The number of aryl methyl sites for hydroxylation is 1. The molecule has 0 aliphatic heterocycles. The summed E-state index contributed by atoms with van der Waals surface area (Å²) in [7, 11) is 1.94. The van der Waals surface area contributed by atoms with E-state index >= 15 is 0 Å². The van der Waals surface area contributed by atoms with Crippen molar-refractivity contribution in [3.8, 4) is 22.5 Å². The second-order valence-electron chi connectivity index (χ2n) is 5.04. The van der Waals surface area contributed by atoms with Crippen LogP contribution >= 0.6 is 0 Å². The molecule has 0 saturated heterocycles. The molecule has 3 rings (SSSR count). The Bertz CT molecular complexity index is 771. The van der Waals surface area contributed by atoms with Gasteiger partial charge in [-0.1, -0.05) is 54.6 Å². The minimum Gasteiger partial charge on any atom is -0.295 e. The summed E-state index contributed by atoms with van der Waals surface area (Å²) in [6, 6.07) is 19.8. The lowest BCUT2D eigenvalue weighted by atomic mass is 10.1. The zero-order chi connectivity index (χ0) is 14.8. The maximum atomic E-state index is 11.3. The van der Waals surface area contributed by atoms with Gasteiger partial charge in [0.1, 0.15) is 0 Å². The highest BCUT2D eigenvalue weighted by Gasteiger charge is 2.09. The molecule has 3 nitrogen and oxygen atoms in total. The van der Waals surface area contributed by atoms with Gasteiger partial charge in [-0.25, -0.2) is 0 Å². The highest BCUT2D eigenvalue weighted by atomic mass is 16.1. The molecule has 0 aliphatic rings. The summed E-state index contributed by atoms with van der Waals surface area (Å²) in [5, 5.41) is 4.56. The largest absolute Gasteiger partial charge is 0.295 e. The van der Waals surface area contributed by atoms with Crippen LogP contribution in [0.15, 0.2) is 60.7 Å². The van der Waals surface area contributed by atoms with Crippen molar-refractivity contribution in [2.45, 2.75) is 6.92 Å². The monoisotopic (exact) mass is 276 g/mol. The molecule has 0 radical (unpaired) electrons. The summed E-state index contributed by atoms with van der Waals surface area (Å²) >= 11 is 0. The number of hydrogen-bond acceptors (Lipinski definition) is 2. The first-order chi connectivity index (χ1) is 10.1. The van der Waals surface area contributed by atoms with E-state index in [2.05, 4.69) is 23.3 Å². The predicted molar refractivity (Wildman–Crippen MR) is 84.1 cm³/mol. The first-order valence-electron chi connectivity index (χ1n) is 6.86. The normalized spacial score (nSPS) is 10.6. The molecule has 0 N–H and O–H groups in total. The number of carbonyl (C=O) groups excluding carboxylic acids is 1. The maximum Gasteiger partial charge on any atom is 0.159 e. The van der Waals surface area contributed by atoms with Crippen LogP contribution in [0.3, 0.4) is 0 Å². The Morgan fingerprint density at radius 3 is 2.24 bits per heavy atom. The average molecular weight is 276 g/mol. The van der Waals surface area contributed by atoms with Gasteiger partial charge in [0.05, 0.1) is 11.4 Å². The lowest BCUT2D eigenvalue weighted by Crippen LogP contribution is -1.94. The lowest BCUT2D eigenvalue weighted by molar-refractivity contribution is 0.101. The summed E-state index contributed by atoms with van der Waals surface area (Å²) in [5.74, 6) is 0.0764. The maximum absolute atomic E-state index is 11.3. The third kappa shape index (κ3) is 2.63. The smallest absolute Gasteiger partial charge is 0.159 e. The molecular weight excluding hydrogens is 260 g/mol. The molecule has 0 fully saturated rings. The molecule has 104 valence electrons. The molecular formula is C18H16N2O. The van der Waals surface area contributed by atoms with Gasteiger partial charge in [-0.15, -0.1) is 0 Å². The Morgan fingerprint density at radius 1 is 0.952 bits per heavy atom. The van der Waals surface area contributed by atoms with Crippen molar-refractivity contribution >= 4 is 5.78 Å². The van der Waals surface area contributed by atoms with E-state index in [0.29, 0.717) is 0 Å². The summed E-state index contributed by atoms with van der Waals surface area (Å²) in [6.45, 7) is 1.57. The Balaban J connectivity index is 1.99. The van der Waals surface area contributed by atoms with Crippen LogP contribution in [0.4, 0.5) is 0 Å². The van der Waals surface area contributed by atoms with Gasteiger partial charge < -0.3 is 0 Å². The van der Waals surface area contributed by atoms with Crippen molar-refractivity contribution in [3.63, 3.8) is 0 Å². The summed E-state index contributed by atoms with van der Waals surface area (Å²) in [6.07, 6.45) is 0. The lowest BCUT2D eigenvalue weighted by Gasteiger charge is -1.99. The first-order valence-corrected chi connectivity index (χ1v) is 6.86. The van der Waals surface area contributed by atoms with E-state index in [0.717, 1.165) is 28.1 Å². The second-order valence-corrected chi connectivity index (χ2v) is 5.04. The fourth-order valence-electron chi connectivity index (χ4n) is 2.36. The van der Waals surface area contributed by atoms with E-state index in [-0.39, 0.29) is 5.78 Å². The van der Waals surface area contributed by atoms with Gasteiger partial charge in [-0.2, -0.15) is 5.10 Å². The summed E-state index contributed by atoms with van der Waals surface area (Å²) < 4.78 is 1.88. The third-order valence-corrected chi connectivity index (χ3v) is 3.54. The van der Waals surface area contributed by atoms with E-state index in [1.165, 1.54) is 0 Å². The molecule has 3 heteroatoms. The van der Waals surface area contributed by atoms with Crippen molar-refractivity contribution in [3.05, 3.63) is 66.2 Å². The van der Waals surface area contributed by atoms with Crippen molar-refractivity contribution in [1.29, 1.82) is 0 Å². The van der Waals surface area contributed by atoms with Crippen LogP contribution in [0.2, 0.25) is 0 Å². The van der Waals surface area contributed by atoms with Crippen LogP contribution in [-0.2, 0) is 7.05 Å². The number of ketones is 1. The van der Waals surface area contributed by atoms with Gasteiger partial charge in [0, 0.05) is 18.2 Å². The number of rotatable bonds is 3. The zero-order valence-corrected chi connectivity index (χ0v) is 12.1. The molecule has 1 heterocycles. The van der Waals surface area contributed by atoms with Crippen LogP contribution in [-0.4, -0.2) is 15.6 Å². The van der Waals surface area contributed by atoms with Crippen LogP contribution < -0.4 is 0 Å². The highest BCUT2D eigenvalue weighted by Crippen LogP contribution is 2.25. The van der Waals surface area contributed by atoms with Crippen molar-refractivity contribution in [2.24, 2.45) is 7.05 Å². The number of carbonyl (C=O) groups is 1. The van der Waals surface area contributed by atoms with Crippen molar-refractivity contribution in [1.82, 2.24) is 9.78 Å². The molecule has 21 heavy (non-hydrogen) atoms. The van der Waals surface area contributed by atoms with E-state index in [1.807, 2.05) is 54.2 Å². The Labute approximate surface area is 123 Å². The first kappa shape index (κ1) is 13.3. The number of nitrogens with zero attached hydrogens (tertiary/aromatic N) is 2. The molecule has 0 aliphatic carbocycles. The Morgan fingerprint density at radius 2 is 1.62 bits per heavy atom. The quantitative estimate of drug-likeness (QED) is 0.679. The van der Waals surface area contributed by atoms with Gasteiger partial charge in [0.15, 0.2) is 5.78 Å². The topological polar surface area (TPSA) is 34.9 Å². The Hall–Kier alpha value is -2.68. The van der Waals surface area contributed by atoms with Crippen molar-refractivity contribution < 1.29 is 4.79 Å². The molecule has 0 amide bonds. The van der Waals surface area contributed by atoms with E-state index in [4.69, 9.17) is 0 Å². The molecule has 0 atom stereocenters. The molecule has 2 aromatic carbocycles. The SMILES string of the molecule is CC(=O)c1ccc(-c2cc(-c3ccccc3)n(C)n2)cc1. The van der Waals surface area contributed by atoms with Gasteiger partial charge >= 0.3 is 0 Å². The fourth-order valence-corrected chi connectivity index (χ4v) is 2.36. The van der Waals surface area contributed by atoms with E-state index in [1.54, 1.807) is 6.92 Å². The van der Waals surface area contributed by atoms with Gasteiger partial charge in [-0.3, -0.25) is 9.48 Å². The number of benzene rings is 2. The van der Waals surface area contributed by atoms with Crippen LogP contribution in [0, 0.1) is 0 Å². The average Bonchev–Trinajstić information content (AvgIpc) is 2.90. The molecule has 0 saturated carbocycles. The summed E-state index contributed by atoms with van der Waals surface area (Å²) in [5.41, 5.74) is 4.85. The van der Waals surface area contributed by atoms with E-state index < -0.39 is 0 Å². The standard InChI is InChI=1S/C18H16N2O/c1-13(21)14-8-10-15(11-9-14)17-12-18(20(2)19-17)16-6-4-3-5-7-16/h3-12H,1-2H3. The van der Waals surface area contributed by atoms with Crippen LogP contribution in [0.25, 0.3) is 22.5 Å². The van der Waals surface area contributed by atoms with Crippen LogP contribution in [0.5, 0.6) is 0 Å². The zero-order valence-electron chi connectivity index (χ0n) is 12.1. The fraction of sp³-hybridized carbons (Fsp3) is 0.111. The molecule has 1 aromatic heterocycles. The van der Waals surface area contributed by atoms with Gasteiger partial charge in [0.2, 0.25) is 0 Å². The number of aromatic nitrogens is 2. The predicted octanol–water partition coefficient (Wildman–Crippen LogP) is 3.96. The minimum absolute atomic E-state index is 0.0764. The van der Waals surface area contributed by atoms with Gasteiger partial charge in [-0.05, 0) is 18.6 Å². The molecule has 3 aromatic rings. The minimum atomic E-state index is 0.0764. The van der Waals surface area contributed by atoms with Crippen molar-refractivity contribution in [2.75, 3.05) is 0 Å². The third-order valence-electron chi connectivity index (χ3n) is 3.54. The number of hydrogen-bond donors (Lipinski definition) is 0. The molecule has 0 bridgehead atoms. The summed E-state index contributed by atoms with van der Waals surface area (Å²) in [4.78, 5) is 11.3. The molecule has 0 unspecified atom stereocenters.